The molecule has 3 N–H and O–H groups in total. The fraction of sp³-hybridized carbons (Fsp3) is 0.217. The number of nitrogens with one attached hydrogen (secondary N) is 1. The highest BCUT2D eigenvalue weighted by Gasteiger charge is 2.12. The van der Waals surface area contributed by atoms with Gasteiger partial charge in [-0.2, -0.15) is 15.0 Å². The number of aryl methyl sites for hydroxylation is 3. The van der Waals surface area contributed by atoms with Crippen molar-refractivity contribution < 1.29 is 9.15 Å². The Labute approximate surface area is 179 Å². The molecule has 0 bridgehead atoms. The quantitative estimate of drug-likeness (QED) is 0.451. The predicted octanol–water partition coefficient (Wildman–Crippen LogP) is 4.06. The minimum Gasteiger partial charge on any atom is -0.485 e. The first kappa shape index (κ1) is 20.3. The molecule has 0 saturated heterocycles. The molecule has 0 saturated carbocycles. The van der Waals surface area contributed by atoms with Gasteiger partial charge in [0, 0.05) is 22.7 Å². The zero-order chi connectivity index (χ0) is 22.0. The van der Waals surface area contributed by atoms with Gasteiger partial charge in [0.25, 0.3) is 0 Å². The lowest BCUT2D eigenvalue weighted by molar-refractivity contribution is 0.293. The fourth-order valence-corrected chi connectivity index (χ4v) is 3.32. The van der Waals surface area contributed by atoms with Gasteiger partial charge in [-0.1, -0.05) is 24.6 Å². The Morgan fingerprint density at radius 1 is 1.06 bits per heavy atom. The molecule has 4 rings (SSSR count). The number of nitrogen functional groups attached to an aromatic ring is 1. The van der Waals surface area contributed by atoms with Crippen LogP contribution in [0.4, 0.5) is 17.6 Å². The smallest absolute Gasteiger partial charge is 0.336 e. The van der Waals surface area contributed by atoms with Crippen LogP contribution >= 0.6 is 0 Å². The van der Waals surface area contributed by atoms with Gasteiger partial charge in [-0.3, -0.25) is 0 Å². The molecule has 0 aliphatic carbocycles. The van der Waals surface area contributed by atoms with Crippen molar-refractivity contribution in [3.05, 3.63) is 75.4 Å². The summed E-state index contributed by atoms with van der Waals surface area (Å²) in [4.78, 5) is 24.6. The van der Waals surface area contributed by atoms with E-state index < -0.39 is 0 Å². The van der Waals surface area contributed by atoms with Crippen LogP contribution in [0.15, 0.2) is 51.7 Å². The van der Waals surface area contributed by atoms with E-state index in [2.05, 4.69) is 20.3 Å². The molecule has 8 heteroatoms. The highest BCUT2D eigenvalue weighted by Crippen LogP contribution is 2.29. The molecule has 2 heterocycles. The average Bonchev–Trinajstić information content (AvgIpc) is 2.74. The first-order valence-electron chi connectivity index (χ1n) is 9.96. The Bertz CT molecular complexity index is 1300. The molecule has 0 spiro atoms. The molecule has 31 heavy (non-hydrogen) atoms. The summed E-state index contributed by atoms with van der Waals surface area (Å²) in [6.07, 6.45) is 0.739. The molecule has 0 atom stereocenters. The van der Waals surface area contributed by atoms with Crippen molar-refractivity contribution in [2.24, 2.45) is 0 Å². The SMILES string of the molecule is CCc1cc(=O)oc2c(C)c(OCc3nc(N)nc(Nc4ccc(C)cc4)n3)ccc12. The number of fused-ring (bicyclic) bond motifs is 1. The highest BCUT2D eigenvalue weighted by molar-refractivity contribution is 5.84. The lowest BCUT2D eigenvalue weighted by atomic mass is 10.0. The van der Waals surface area contributed by atoms with E-state index in [1.807, 2.05) is 57.2 Å². The number of ether oxygens (including phenoxy) is 1. The predicted molar refractivity (Wildman–Crippen MR) is 120 cm³/mol. The molecule has 0 radical (unpaired) electrons. The summed E-state index contributed by atoms with van der Waals surface area (Å²) in [5.41, 5.74) is 9.69. The number of rotatable bonds is 6. The minimum absolute atomic E-state index is 0.0827. The molecule has 2 aromatic heterocycles. The molecular formula is C23H23N5O3. The normalized spacial score (nSPS) is 10.9. The van der Waals surface area contributed by atoms with Gasteiger partial charge >= 0.3 is 5.63 Å². The number of hydrogen-bond acceptors (Lipinski definition) is 8. The van der Waals surface area contributed by atoms with Gasteiger partial charge in [0.2, 0.25) is 11.9 Å². The summed E-state index contributed by atoms with van der Waals surface area (Å²) in [7, 11) is 0. The average molecular weight is 417 g/mol. The third kappa shape index (κ3) is 4.48. The van der Waals surface area contributed by atoms with E-state index in [1.54, 1.807) is 0 Å². The second-order valence-corrected chi connectivity index (χ2v) is 7.22. The second-order valence-electron chi connectivity index (χ2n) is 7.22. The topological polar surface area (TPSA) is 116 Å². The van der Waals surface area contributed by atoms with Crippen LogP contribution in [0.5, 0.6) is 5.75 Å². The monoisotopic (exact) mass is 417 g/mol. The van der Waals surface area contributed by atoms with E-state index in [-0.39, 0.29) is 18.2 Å². The molecule has 0 unspecified atom stereocenters. The van der Waals surface area contributed by atoms with Crippen LogP contribution in [-0.2, 0) is 13.0 Å². The van der Waals surface area contributed by atoms with Crippen LogP contribution in [0.2, 0.25) is 0 Å². The van der Waals surface area contributed by atoms with Crippen LogP contribution in [0.3, 0.4) is 0 Å². The standard InChI is InChI=1S/C23H23N5O3/c1-4-15-11-20(29)31-21-14(3)18(10-9-17(15)21)30-12-19-26-22(24)28-23(27-19)25-16-7-5-13(2)6-8-16/h5-11H,4,12H2,1-3H3,(H3,24,25,26,27,28). The first-order chi connectivity index (χ1) is 14.9. The third-order valence-corrected chi connectivity index (χ3v) is 4.94. The minimum atomic E-state index is -0.373. The summed E-state index contributed by atoms with van der Waals surface area (Å²) in [5.74, 6) is 1.39. The van der Waals surface area contributed by atoms with Gasteiger partial charge in [-0.25, -0.2) is 4.79 Å². The van der Waals surface area contributed by atoms with E-state index >= 15 is 0 Å². The van der Waals surface area contributed by atoms with Gasteiger partial charge in [0.05, 0.1) is 0 Å². The maximum atomic E-state index is 11.9. The number of benzene rings is 2. The van der Waals surface area contributed by atoms with Crippen LogP contribution < -0.4 is 21.4 Å². The molecule has 0 fully saturated rings. The van der Waals surface area contributed by atoms with E-state index in [0.717, 1.165) is 34.2 Å². The van der Waals surface area contributed by atoms with E-state index in [0.29, 0.717) is 23.1 Å². The summed E-state index contributed by atoms with van der Waals surface area (Å²) in [6, 6.07) is 13.1. The Hall–Kier alpha value is -3.94. The molecule has 8 nitrogen and oxygen atoms in total. The Morgan fingerprint density at radius 2 is 1.84 bits per heavy atom. The molecule has 0 amide bonds. The molecular weight excluding hydrogens is 394 g/mol. The summed E-state index contributed by atoms with van der Waals surface area (Å²) in [5, 5.41) is 4.02. The maximum Gasteiger partial charge on any atom is 0.336 e. The highest BCUT2D eigenvalue weighted by atomic mass is 16.5. The summed E-state index contributed by atoms with van der Waals surface area (Å²) < 4.78 is 11.4. The maximum absolute atomic E-state index is 11.9. The van der Waals surface area contributed by atoms with E-state index in [9.17, 15) is 4.79 Å². The van der Waals surface area contributed by atoms with Gasteiger partial charge in [-0.15, -0.1) is 0 Å². The zero-order valence-electron chi connectivity index (χ0n) is 17.6. The number of nitrogens with two attached hydrogens (primary N) is 1. The van der Waals surface area contributed by atoms with Crippen molar-refractivity contribution in [3.8, 4) is 5.75 Å². The lowest BCUT2D eigenvalue weighted by Gasteiger charge is -2.12. The molecule has 0 aliphatic rings. The first-order valence-corrected chi connectivity index (χ1v) is 9.96. The van der Waals surface area contributed by atoms with Crippen LogP contribution in [0.1, 0.15) is 29.4 Å². The van der Waals surface area contributed by atoms with Crippen molar-refractivity contribution >= 4 is 28.6 Å². The van der Waals surface area contributed by atoms with Gasteiger partial charge in [0.15, 0.2) is 5.82 Å². The number of hydrogen-bond donors (Lipinski definition) is 2. The van der Waals surface area contributed by atoms with Gasteiger partial charge in [-0.05, 0) is 50.1 Å². The van der Waals surface area contributed by atoms with Crippen LogP contribution in [0, 0.1) is 13.8 Å². The molecule has 158 valence electrons. The van der Waals surface area contributed by atoms with Crippen molar-refractivity contribution in [2.45, 2.75) is 33.8 Å². The molecule has 2 aromatic carbocycles. The second kappa shape index (κ2) is 8.43. The van der Waals surface area contributed by atoms with E-state index in [4.69, 9.17) is 14.9 Å². The Balaban J connectivity index is 1.57. The largest absolute Gasteiger partial charge is 0.485 e. The summed E-state index contributed by atoms with van der Waals surface area (Å²) in [6.45, 7) is 5.95. The Kier molecular flexibility index (Phi) is 5.53. The van der Waals surface area contributed by atoms with Gasteiger partial charge in [0.1, 0.15) is 17.9 Å². The number of anilines is 3. The van der Waals surface area contributed by atoms with Crippen LogP contribution in [0.25, 0.3) is 11.0 Å². The lowest BCUT2D eigenvalue weighted by Crippen LogP contribution is -2.10. The molecule has 0 aliphatic heterocycles. The molecule has 4 aromatic rings. The Morgan fingerprint density at radius 3 is 2.58 bits per heavy atom. The fourth-order valence-electron chi connectivity index (χ4n) is 3.32. The number of nitrogens with zero attached hydrogens (tertiary/aromatic N) is 3. The van der Waals surface area contributed by atoms with Crippen molar-refractivity contribution in [1.82, 2.24) is 15.0 Å². The van der Waals surface area contributed by atoms with Crippen molar-refractivity contribution in [1.29, 1.82) is 0 Å². The third-order valence-electron chi connectivity index (χ3n) is 4.94. The van der Waals surface area contributed by atoms with Crippen molar-refractivity contribution in [2.75, 3.05) is 11.1 Å². The van der Waals surface area contributed by atoms with Crippen LogP contribution in [-0.4, -0.2) is 15.0 Å². The van der Waals surface area contributed by atoms with E-state index in [1.165, 1.54) is 6.07 Å². The zero-order valence-corrected chi connectivity index (χ0v) is 17.6. The number of aromatic nitrogens is 3. The summed E-state index contributed by atoms with van der Waals surface area (Å²) >= 11 is 0. The van der Waals surface area contributed by atoms with Gasteiger partial charge < -0.3 is 20.2 Å². The van der Waals surface area contributed by atoms with Crippen molar-refractivity contribution in [3.63, 3.8) is 0 Å².